The van der Waals surface area contributed by atoms with E-state index in [0.717, 1.165) is 29.8 Å². The van der Waals surface area contributed by atoms with Crippen LogP contribution in [0.25, 0.3) is 0 Å². The van der Waals surface area contributed by atoms with Crippen molar-refractivity contribution in [2.45, 2.75) is 45.3 Å². The molecule has 1 aliphatic heterocycles. The number of methoxy groups -OCH3 is 1. The second kappa shape index (κ2) is 4.91. The van der Waals surface area contributed by atoms with E-state index < -0.39 is 0 Å². The summed E-state index contributed by atoms with van der Waals surface area (Å²) >= 11 is 0. The van der Waals surface area contributed by atoms with Gasteiger partial charge in [-0.2, -0.15) is 0 Å². The molecular weight excluding hydrogens is 266 g/mol. The lowest BCUT2D eigenvalue weighted by Crippen LogP contribution is -2.57. The third-order valence-electron chi connectivity index (χ3n) is 4.96. The Labute approximate surface area is 125 Å². The zero-order valence-corrected chi connectivity index (χ0v) is 12.8. The number of nitrogens with two attached hydrogens (primary N) is 1. The van der Waals surface area contributed by atoms with Gasteiger partial charge in [-0.05, 0) is 30.5 Å². The molecule has 5 nitrogen and oxygen atoms in total. The maximum Gasteiger partial charge on any atom is 0.224 e. The maximum absolute atomic E-state index is 11.4. The van der Waals surface area contributed by atoms with E-state index in [-0.39, 0.29) is 17.4 Å². The van der Waals surface area contributed by atoms with Crippen molar-refractivity contribution in [1.82, 2.24) is 0 Å². The SMILES string of the molecule is COC1CC(Nc2cc3c(cc2N)NC(=O)CC3)C1(C)C. The minimum Gasteiger partial charge on any atom is -0.397 e. The third-order valence-corrected chi connectivity index (χ3v) is 4.96. The van der Waals surface area contributed by atoms with E-state index in [0.29, 0.717) is 18.2 Å². The highest BCUT2D eigenvalue weighted by Crippen LogP contribution is 2.45. The molecule has 1 fully saturated rings. The molecule has 0 spiro atoms. The number of amides is 1. The van der Waals surface area contributed by atoms with Crippen LogP contribution in [0.15, 0.2) is 12.1 Å². The van der Waals surface area contributed by atoms with Gasteiger partial charge in [0.2, 0.25) is 5.91 Å². The van der Waals surface area contributed by atoms with E-state index in [1.807, 2.05) is 6.07 Å². The monoisotopic (exact) mass is 289 g/mol. The second-order valence-electron chi connectivity index (χ2n) is 6.62. The summed E-state index contributed by atoms with van der Waals surface area (Å²) in [6, 6.07) is 4.27. The van der Waals surface area contributed by atoms with Crippen LogP contribution in [0.3, 0.4) is 0 Å². The lowest BCUT2D eigenvalue weighted by atomic mass is 9.64. The summed E-state index contributed by atoms with van der Waals surface area (Å²) in [5, 5.41) is 6.42. The smallest absolute Gasteiger partial charge is 0.224 e. The molecule has 114 valence electrons. The molecule has 5 heteroatoms. The summed E-state index contributed by atoms with van der Waals surface area (Å²) in [5.74, 6) is 0.0608. The molecule has 2 aliphatic rings. The van der Waals surface area contributed by atoms with E-state index >= 15 is 0 Å². The molecule has 2 atom stereocenters. The van der Waals surface area contributed by atoms with Gasteiger partial charge in [-0.3, -0.25) is 4.79 Å². The molecule has 0 bridgehead atoms. The number of nitrogens with one attached hydrogen (secondary N) is 2. The molecule has 1 saturated carbocycles. The number of carbonyl (C=O) groups excluding carboxylic acids is 1. The minimum absolute atomic E-state index is 0.0608. The number of ether oxygens (including phenoxy) is 1. The zero-order chi connectivity index (χ0) is 15.2. The standard InChI is InChI=1S/C16H23N3O2/c1-16(2)13(8-14(16)21-3)18-12-6-9-4-5-15(20)19-11(9)7-10(12)17/h6-7,13-14,18H,4-5,8,17H2,1-3H3,(H,19,20). The van der Waals surface area contributed by atoms with E-state index in [2.05, 4.69) is 30.5 Å². The highest BCUT2D eigenvalue weighted by Gasteiger charge is 2.48. The molecule has 21 heavy (non-hydrogen) atoms. The number of hydrogen-bond acceptors (Lipinski definition) is 4. The van der Waals surface area contributed by atoms with E-state index in [4.69, 9.17) is 10.5 Å². The minimum atomic E-state index is 0.0608. The molecule has 4 N–H and O–H groups in total. The third kappa shape index (κ3) is 2.35. The molecule has 3 rings (SSSR count). The molecule has 0 radical (unpaired) electrons. The van der Waals surface area contributed by atoms with Crippen LogP contribution >= 0.6 is 0 Å². The van der Waals surface area contributed by atoms with E-state index in [1.165, 1.54) is 0 Å². The van der Waals surface area contributed by atoms with Crippen LogP contribution in [0.1, 0.15) is 32.3 Å². The molecular formula is C16H23N3O2. The first kappa shape index (κ1) is 14.2. The van der Waals surface area contributed by atoms with Gasteiger partial charge in [0, 0.05) is 30.7 Å². The van der Waals surface area contributed by atoms with Crippen LogP contribution in [0, 0.1) is 5.41 Å². The zero-order valence-electron chi connectivity index (χ0n) is 12.8. The summed E-state index contributed by atoms with van der Waals surface area (Å²) in [6.45, 7) is 4.41. The number of anilines is 3. The topological polar surface area (TPSA) is 76.4 Å². The summed E-state index contributed by atoms with van der Waals surface area (Å²) in [6.07, 6.45) is 2.58. The first-order valence-electron chi connectivity index (χ1n) is 7.43. The normalized spacial score (nSPS) is 26.5. The Bertz CT molecular complexity index is 583. The van der Waals surface area contributed by atoms with Gasteiger partial charge in [0.15, 0.2) is 0 Å². The predicted octanol–water partition coefficient (Wildman–Crippen LogP) is 2.38. The number of hydrogen-bond donors (Lipinski definition) is 3. The molecule has 2 unspecified atom stereocenters. The van der Waals surface area contributed by atoms with Crippen LogP contribution in [-0.2, 0) is 16.0 Å². The number of benzene rings is 1. The Morgan fingerprint density at radius 2 is 2.14 bits per heavy atom. The highest BCUT2D eigenvalue weighted by atomic mass is 16.5. The van der Waals surface area contributed by atoms with Gasteiger partial charge in [-0.25, -0.2) is 0 Å². The van der Waals surface area contributed by atoms with Crippen LogP contribution in [0.5, 0.6) is 0 Å². The van der Waals surface area contributed by atoms with Gasteiger partial charge in [0.25, 0.3) is 0 Å². The molecule has 1 aromatic rings. The number of rotatable bonds is 3. The maximum atomic E-state index is 11.4. The fraction of sp³-hybridized carbons (Fsp3) is 0.562. The van der Waals surface area contributed by atoms with Crippen molar-refractivity contribution in [2.24, 2.45) is 5.41 Å². The highest BCUT2D eigenvalue weighted by molar-refractivity contribution is 5.95. The van der Waals surface area contributed by atoms with Crippen molar-refractivity contribution in [3.05, 3.63) is 17.7 Å². The molecule has 1 aromatic carbocycles. The van der Waals surface area contributed by atoms with Crippen LogP contribution < -0.4 is 16.4 Å². The van der Waals surface area contributed by atoms with Gasteiger partial charge in [0.1, 0.15) is 0 Å². The fourth-order valence-corrected chi connectivity index (χ4v) is 3.29. The average molecular weight is 289 g/mol. The molecule has 1 amide bonds. The van der Waals surface area contributed by atoms with Gasteiger partial charge in [-0.15, -0.1) is 0 Å². The van der Waals surface area contributed by atoms with Gasteiger partial charge in [-0.1, -0.05) is 13.8 Å². The Balaban J connectivity index is 1.80. The van der Waals surface area contributed by atoms with Crippen molar-refractivity contribution in [3.8, 4) is 0 Å². The Morgan fingerprint density at radius 3 is 2.81 bits per heavy atom. The fourth-order valence-electron chi connectivity index (χ4n) is 3.29. The second-order valence-corrected chi connectivity index (χ2v) is 6.62. The van der Waals surface area contributed by atoms with Gasteiger partial charge >= 0.3 is 0 Å². The van der Waals surface area contributed by atoms with E-state index in [9.17, 15) is 4.79 Å². The molecule has 0 aromatic heterocycles. The van der Waals surface area contributed by atoms with Crippen molar-refractivity contribution < 1.29 is 9.53 Å². The molecule has 0 saturated heterocycles. The van der Waals surface area contributed by atoms with Gasteiger partial charge < -0.3 is 21.1 Å². The van der Waals surface area contributed by atoms with Crippen molar-refractivity contribution in [3.63, 3.8) is 0 Å². The van der Waals surface area contributed by atoms with Gasteiger partial charge in [0.05, 0.1) is 17.5 Å². The van der Waals surface area contributed by atoms with Crippen molar-refractivity contribution >= 4 is 23.0 Å². The summed E-state index contributed by atoms with van der Waals surface area (Å²) in [5.41, 5.74) is 9.84. The predicted molar refractivity (Wildman–Crippen MR) is 84.4 cm³/mol. The first-order valence-corrected chi connectivity index (χ1v) is 7.43. The number of carbonyl (C=O) groups is 1. The Hall–Kier alpha value is -1.75. The van der Waals surface area contributed by atoms with E-state index in [1.54, 1.807) is 7.11 Å². The van der Waals surface area contributed by atoms with Crippen LogP contribution in [0.4, 0.5) is 17.1 Å². The Kier molecular flexibility index (Phi) is 3.32. The largest absolute Gasteiger partial charge is 0.397 e. The molecule has 1 heterocycles. The number of aryl methyl sites for hydroxylation is 1. The average Bonchev–Trinajstić information content (AvgIpc) is 2.43. The summed E-state index contributed by atoms with van der Waals surface area (Å²) in [4.78, 5) is 11.4. The number of fused-ring (bicyclic) bond motifs is 1. The van der Waals surface area contributed by atoms with Crippen molar-refractivity contribution in [1.29, 1.82) is 0 Å². The summed E-state index contributed by atoms with van der Waals surface area (Å²) in [7, 11) is 1.76. The lowest BCUT2D eigenvalue weighted by Gasteiger charge is -2.51. The summed E-state index contributed by atoms with van der Waals surface area (Å²) < 4.78 is 5.48. The van der Waals surface area contributed by atoms with Crippen LogP contribution in [0.2, 0.25) is 0 Å². The molecule has 1 aliphatic carbocycles. The number of nitrogen functional groups attached to an aromatic ring is 1. The lowest BCUT2D eigenvalue weighted by molar-refractivity contribution is -0.116. The van der Waals surface area contributed by atoms with Crippen LogP contribution in [-0.4, -0.2) is 25.2 Å². The van der Waals surface area contributed by atoms with Crippen molar-refractivity contribution in [2.75, 3.05) is 23.5 Å². The Morgan fingerprint density at radius 1 is 1.38 bits per heavy atom. The quantitative estimate of drug-likeness (QED) is 0.747. The first-order chi connectivity index (χ1) is 9.91.